The molecule has 2 fully saturated rings. The summed E-state index contributed by atoms with van der Waals surface area (Å²) in [5.41, 5.74) is 1.38. The molecule has 3 aliphatic rings. The lowest BCUT2D eigenvalue weighted by Gasteiger charge is -2.13. The van der Waals surface area contributed by atoms with Gasteiger partial charge in [-0.25, -0.2) is 4.99 Å². The molecule has 0 radical (unpaired) electrons. The molecule has 0 aromatic rings. The van der Waals surface area contributed by atoms with Gasteiger partial charge in [-0.2, -0.15) is 0 Å². The van der Waals surface area contributed by atoms with Crippen LogP contribution >= 0.6 is 0 Å². The van der Waals surface area contributed by atoms with Gasteiger partial charge >= 0.3 is 0 Å². The Hall–Kier alpha value is -1.77. The number of methoxy groups -OCH3 is 1. The summed E-state index contributed by atoms with van der Waals surface area (Å²) < 4.78 is 11.6. The van der Waals surface area contributed by atoms with E-state index in [4.69, 9.17) is 14.5 Å². The van der Waals surface area contributed by atoms with E-state index in [1.54, 1.807) is 7.11 Å². The van der Waals surface area contributed by atoms with E-state index in [-0.39, 0.29) is 5.41 Å². The summed E-state index contributed by atoms with van der Waals surface area (Å²) in [6, 6.07) is 0. The number of allylic oxidation sites excluding steroid dienone is 6. The second-order valence-electron chi connectivity index (χ2n) is 9.31. The minimum absolute atomic E-state index is 0.0519. The maximum atomic E-state index is 5.97. The smallest absolute Gasteiger partial charge is 0.208 e. The lowest BCUT2D eigenvalue weighted by atomic mass is 10.0. The Labute approximate surface area is 177 Å². The molecule has 5 atom stereocenters. The second kappa shape index (κ2) is 9.82. The average Bonchev–Trinajstić information content (AvgIpc) is 3.61. The van der Waals surface area contributed by atoms with Crippen molar-refractivity contribution >= 4 is 6.21 Å². The molecule has 0 N–H and O–H groups in total. The van der Waals surface area contributed by atoms with Crippen LogP contribution in [-0.2, 0) is 9.47 Å². The molecule has 3 unspecified atom stereocenters. The van der Waals surface area contributed by atoms with Crippen LogP contribution in [0.15, 0.2) is 52.6 Å². The first-order valence-electron chi connectivity index (χ1n) is 11.5. The van der Waals surface area contributed by atoms with Gasteiger partial charge in [0.05, 0.1) is 13.7 Å². The number of hydrogen-bond donors (Lipinski definition) is 0. The Balaban J connectivity index is 1.61. The normalized spacial score (nSPS) is 32.4. The molecule has 2 saturated carbocycles. The molecule has 29 heavy (non-hydrogen) atoms. The molecule has 0 aromatic carbocycles. The molecule has 3 rings (SSSR count). The number of aliphatic imine (C=N–C) groups is 1. The number of rotatable bonds is 11. The first-order valence-corrected chi connectivity index (χ1v) is 11.5. The first kappa shape index (κ1) is 21.9. The molecule has 0 saturated heterocycles. The van der Waals surface area contributed by atoms with Crippen LogP contribution < -0.4 is 0 Å². The molecule has 0 aliphatic heterocycles. The van der Waals surface area contributed by atoms with E-state index < -0.39 is 0 Å². The van der Waals surface area contributed by atoms with Crippen molar-refractivity contribution in [2.75, 3.05) is 13.7 Å². The Morgan fingerprint density at radius 3 is 2.86 bits per heavy atom. The van der Waals surface area contributed by atoms with E-state index in [2.05, 4.69) is 51.3 Å². The van der Waals surface area contributed by atoms with Gasteiger partial charge in [-0.3, -0.25) is 0 Å². The lowest BCUT2D eigenvalue weighted by Crippen LogP contribution is -2.07. The molecule has 0 spiro atoms. The molecular formula is C26H39NO2. The molecule has 0 aromatic heterocycles. The van der Waals surface area contributed by atoms with E-state index in [1.807, 2.05) is 13.0 Å². The Bertz CT molecular complexity index is 714. The van der Waals surface area contributed by atoms with Crippen molar-refractivity contribution in [1.82, 2.24) is 0 Å². The molecule has 0 amide bonds. The maximum absolute atomic E-state index is 5.97. The summed E-state index contributed by atoms with van der Waals surface area (Å²) in [4.78, 5) is 4.73. The quantitative estimate of drug-likeness (QED) is 0.282. The van der Waals surface area contributed by atoms with Gasteiger partial charge in [0.2, 0.25) is 5.88 Å². The third-order valence-corrected chi connectivity index (χ3v) is 6.75. The summed E-state index contributed by atoms with van der Waals surface area (Å²) in [6.07, 6.45) is 20.5. The van der Waals surface area contributed by atoms with E-state index in [0.29, 0.717) is 11.8 Å². The minimum atomic E-state index is 0.0519. The zero-order chi connectivity index (χ0) is 20.9. The SMILES string of the molecule is C/C=C(\N=C[C@@]1(/C=C/C2=C(OC)C=CC3C[C@@H]3C2)CC1C)OCC(C)CCCC. The maximum Gasteiger partial charge on any atom is 0.208 e. The predicted molar refractivity (Wildman–Crippen MR) is 122 cm³/mol. The van der Waals surface area contributed by atoms with Gasteiger partial charge < -0.3 is 9.47 Å². The van der Waals surface area contributed by atoms with Crippen LogP contribution in [0.5, 0.6) is 0 Å². The summed E-state index contributed by atoms with van der Waals surface area (Å²) in [5.74, 6) is 4.52. The standard InChI is InChI=1S/C26H39NO2/c1-6-8-9-19(3)17-29-25(7-2)27-18-26(16-20(26)4)13-12-22-15-23-14-21(23)10-11-24(22)28-5/h7,10-13,18-21,23H,6,8-9,14-17H2,1-5H3/b13-12+,25-7+,27-18?/t19?,20?,21?,23-,26-/m1/s1. The Morgan fingerprint density at radius 2 is 2.21 bits per heavy atom. The topological polar surface area (TPSA) is 30.8 Å². The van der Waals surface area contributed by atoms with Crippen LogP contribution in [0.3, 0.4) is 0 Å². The predicted octanol–water partition coefficient (Wildman–Crippen LogP) is 6.84. The molecule has 3 heteroatoms. The minimum Gasteiger partial charge on any atom is -0.496 e. The fraction of sp³-hybridized carbons (Fsp3) is 0.654. The fourth-order valence-corrected chi connectivity index (χ4v) is 4.22. The van der Waals surface area contributed by atoms with Crippen LogP contribution in [0, 0.1) is 29.1 Å². The number of unbranched alkanes of at least 4 members (excludes halogenated alkanes) is 1. The van der Waals surface area contributed by atoms with Crippen molar-refractivity contribution in [2.24, 2.45) is 34.1 Å². The van der Waals surface area contributed by atoms with E-state index in [9.17, 15) is 0 Å². The van der Waals surface area contributed by atoms with Crippen molar-refractivity contribution in [1.29, 1.82) is 0 Å². The Morgan fingerprint density at radius 1 is 1.41 bits per heavy atom. The zero-order valence-corrected chi connectivity index (χ0v) is 19.0. The number of hydrogen-bond acceptors (Lipinski definition) is 3. The highest BCUT2D eigenvalue weighted by molar-refractivity contribution is 5.74. The van der Waals surface area contributed by atoms with Crippen molar-refractivity contribution < 1.29 is 9.47 Å². The van der Waals surface area contributed by atoms with Gasteiger partial charge in [-0.1, -0.05) is 51.8 Å². The van der Waals surface area contributed by atoms with Gasteiger partial charge in [-0.05, 0) is 74.0 Å². The molecule has 160 valence electrons. The number of ether oxygens (including phenoxy) is 2. The highest BCUT2D eigenvalue weighted by atomic mass is 16.5. The van der Waals surface area contributed by atoms with Crippen molar-refractivity contribution in [3.05, 3.63) is 47.6 Å². The average molecular weight is 398 g/mol. The van der Waals surface area contributed by atoms with Gasteiger partial charge in [0.1, 0.15) is 5.76 Å². The highest BCUT2D eigenvalue weighted by Crippen LogP contribution is 2.53. The van der Waals surface area contributed by atoms with E-state index >= 15 is 0 Å². The third-order valence-electron chi connectivity index (χ3n) is 6.75. The molecule has 0 heterocycles. The summed E-state index contributed by atoms with van der Waals surface area (Å²) in [5, 5.41) is 0. The van der Waals surface area contributed by atoms with Crippen molar-refractivity contribution in [3.63, 3.8) is 0 Å². The van der Waals surface area contributed by atoms with Crippen LogP contribution in [0.1, 0.15) is 66.2 Å². The second-order valence-corrected chi connectivity index (χ2v) is 9.31. The monoisotopic (exact) mass is 397 g/mol. The van der Waals surface area contributed by atoms with Gasteiger partial charge in [0.25, 0.3) is 0 Å². The number of fused-ring (bicyclic) bond motifs is 1. The lowest BCUT2D eigenvalue weighted by molar-refractivity contribution is 0.164. The van der Waals surface area contributed by atoms with E-state index in [1.165, 1.54) is 31.3 Å². The highest BCUT2D eigenvalue weighted by Gasteiger charge is 2.48. The van der Waals surface area contributed by atoms with Crippen LogP contribution in [-0.4, -0.2) is 19.9 Å². The zero-order valence-electron chi connectivity index (χ0n) is 19.0. The largest absolute Gasteiger partial charge is 0.496 e. The Kier molecular flexibility index (Phi) is 7.43. The fourth-order valence-electron chi connectivity index (χ4n) is 4.22. The number of nitrogens with zero attached hydrogens (tertiary/aromatic N) is 1. The van der Waals surface area contributed by atoms with Gasteiger partial charge in [0.15, 0.2) is 0 Å². The van der Waals surface area contributed by atoms with Crippen molar-refractivity contribution in [3.8, 4) is 0 Å². The summed E-state index contributed by atoms with van der Waals surface area (Å²) in [6.45, 7) is 9.54. The van der Waals surface area contributed by atoms with Crippen LogP contribution in [0.2, 0.25) is 0 Å². The molecular weight excluding hydrogens is 358 g/mol. The van der Waals surface area contributed by atoms with Gasteiger partial charge in [0, 0.05) is 11.6 Å². The van der Waals surface area contributed by atoms with Gasteiger partial charge in [-0.15, -0.1) is 0 Å². The summed E-state index contributed by atoms with van der Waals surface area (Å²) in [7, 11) is 1.78. The molecule has 0 bridgehead atoms. The van der Waals surface area contributed by atoms with Crippen molar-refractivity contribution in [2.45, 2.75) is 66.2 Å². The first-order chi connectivity index (χ1) is 14.0. The molecule has 3 aliphatic carbocycles. The molecule has 3 nitrogen and oxygen atoms in total. The van der Waals surface area contributed by atoms with Crippen LogP contribution in [0.25, 0.3) is 0 Å². The van der Waals surface area contributed by atoms with E-state index in [0.717, 1.165) is 42.9 Å². The third kappa shape index (κ3) is 5.87. The summed E-state index contributed by atoms with van der Waals surface area (Å²) >= 11 is 0. The van der Waals surface area contributed by atoms with Crippen LogP contribution in [0.4, 0.5) is 0 Å².